The van der Waals surface area contributed by atoms with Gasteiger partial charge in [-0.3, -0.25) is 0 Å². The van der Waals surface area contributed by atoms with E-state index in [4.69, 9.17) is 4.42 Å². The summed E-state index contributed by atoms with van der Waals surface area (Å²) < 4.78 is 8.58. The maximum atomic E-state index is 9.96. The predicted molar refractivity (Wildman–Crippen MR) is 125 cm³/mol. The summed E-state index contributed by atoms with van der Waals surface area (Å²) in [5.74, 6) is 0. The third-order valence-corrected chi connectivity index (χ3v) is 6.27. The molecule has 146 valence electrons. The Kier molecular flexibility index (Phi) is 3.66. The molecule has 0 saturated heterocycles. The van der Waals surface area contributed by atoms with Crippen LogP contribution < -0.4 is 4.57 Å². The topological polar surface area (TPSA) is 40.8 Å². The quantitative estimate of drug-likeness (QED) is 0.232. The lowest BCUT2D eigenvalue weighted by Crippen LogP contribution is -2.30. The van der Waals surface area contributed by atoms with E-state index in [1.807, 2.05) is 43.6 Å². The van der Waals surface area contributed by atoms with E-state index in [1.54, 1.807) is 0 Å². The lowest BCUT2D eigenvalue weighted by atomic mass is 9.94. The number of benzene rings is 4. The highest BCUT2D eigenvalue weighted by atomic mass is 16.3. The molecule has 0 radical (unpaired) electrons. The molecule has 4 aromatic carbocycles. The molecule has 0 amide bonds. The number of furan rings is 1. The number of nitrogens with zero attached hydrogens (tertiary/aromatic N) is 2. The van der Waals surface area contributed by atoms with Crippen LogP contribution >= 0.6 is 0 Å². The molecule has 31 heavy (non-hydrogen) atoms. The van der Waals surface area contributed by atoms with Crippen molar-refractivity contribution in [1.29, 1.82) is 5.26 Å². The van der Waals surface area contributed by atoms with E-state index < -0.39 is 0 Å². The fourth-order valence-corrected chi connectivity index (χ4v) is 4.78. The molecule has 0 unspecified atom stereocenters. The maximum absolute atomic E-state index is 9.96. The molecule has 0 aliphatic heterocycles. The zero-order valence-electron chi connectivity index (χ0n) is 17.3. The number of fused-ring (bicyclic) bond motifs is 7. The maximum Gasteiger partial charge on any atom is 0.216 e. The van der Waals surface area contributed by atoms with Crippen molar-refractivity contribution >= 4 is 43.5 Å². The Balaban J connectivity index is 1.86. The highest BCUT2D eigenvalue weighted by Gasteiger charge is 2.23. The monoisotopic (exact) mass is 399 g/mol. The minimum Gasteiger partial charge on any atom is -0.454 e. The zero-order valence-corrected chi connectivity index (χ0v) is 17.3. The second-order valence-electron chi connectivity index (χ2n) is 8.05. The minimum atomic E-state index is 0.566. The van der Waals surface area contributed by atoms with Gasteiger partial charge in [-0.2, -0.15) is 5.26 Å². The van der Waals surface area contributed by atoms with Gasteiger partial charge in [0.15, 0.2) is 11.8 Å². The van der Waals surface area contributed by atoms with Crippen LogP contribution in [0.3, 0.4) is 0 Å². The van der Waals surface area contributed by atoms with Gasteiger partial charge in [-0.05, 0) is 46.2 Å². The molecule has 6 rings (SSSR count). The lowest BCUT2D eigenvalue weighted by Gasteiger charge is -2.06. The van der Waals surface area contributed by atoms with E-state index in [2.05, 4.69) is 60.0 Å². The molecular formula is C28H19N2O+. The number of hydrogen-bond donors (Lipinski definition) is 0. The summed E-state index contributed by atoms with van der Waals surface area (Å²) in [6.45, 7) is 2.10. The fraction of sp³-hybridized carbons (Fsp3) is 0.0714. The van der Waals surface area contributed by atoms with E-state index in [1.165, 1.54) is 5.39 Å². The van der Waals surface area contributed by atoms with Gasteiger partial charge in [0.25, 0.3) is 0 Å². The first-order chi connectivity index (χ1) is 15.2. The van der Waals surface area contributed by atoms with Gasteiger partial charge in [-0.15, -0.1) is 0 Å². The zero-order chi connectivity index (χ0) is 21.1. The number of hydrogen-bond acceptors (Lipinski definition) is 2. The van der Waals surface area contributed by atoms with Gasteiger partial charge in [-0.25, -0.2) is 4.57 Å². The van der Waals surface area contributed by atoms with Crippen LogP contribution in [0, 0.1) is 18.3 Å². The SMILES string of the molecule is Cc1ccc2c(oc3c(C#N)cc4c5ccccc5ccc4c32)c1-c1cccc[n+]1C. The Hall–Kier alpha value is -4.16. The van der Waals surface area contributed by atoms with E-state index >= 15 is 0 Å². The second-order valence-corrected chi connectivity index (χ2v) is 8.05. The molecule has 0 N–H and O–H groups in total. The van der Waals surface area contributed by atoms with Crippen molar-refractivity contribution in [3.63, 3.8) is 0 Å². The lowest BCUT2D eigenvalue weighted by molar-refractivity contribution is -0.660. The van der Waals surface area contributed by atoms with Crippen LogP contribution in [0.25, 0.3) is 54.7 Å². The van der Waals surface area contributed by atoms with Gasteiger partial charge < -0.3 is 4.42 Å². The van der Waals surface area contributed by atoms with Crippen LogP contribution in [0.15, 0.2) is 83.4 Å². The minimum absolute atomic E-state index is 0.566. The summed E-state index contributed by atoms with van der Waals surface area (Å²) in [5.41, 5.74) is 5.34. The molecule has 3 nitrogen and oxygen atoms in total. The first-order valence-electron chi connectivity index (χ1n) is 10.3. The van der Waals surface area contributed by atoms with E-state index in [0.29, 0.717) is 11.1 Å². The van der Waals surface area contributed by atoms with Gasteiger partial charge in [0.2, 0.25) is 5.69 Å². The average molecular weight is 399 g/mol. The molecule has 2 aromatic heterocycles. The summed E-state index contributed by atoms with van der Waals surface area (Å²) in [4.78, 5) is 0. The molecule has 2 heterocycles. The van der Waals surface area contributed by atoms with Crippen LogP contribution in [0.2, 0.25) is 0 Å². The van der Waals surface area contributed by atoms with Crippen molar-refractivity contribution in [3.8, 4) is 17.3 Å². The number of nitriles is 1. The van der Waals surface area contributed by atoms with Gasteiger partial charge in [0.05, 0.1) is 11.1 Å². The van der Waals surface area contributed by atoms with Crippen molar-refractivity contribution in [2.24, 2.45) is 7.05 Å². The van der Waals surface area contributed by atoms with Crippen molar-refractivity contribution in [2.45, 2.75) is 6.92 Å². The molecule has 0 atom stereocenters. The summed E-state index contributed by atoms with van der Waals surface area (Å²) in [6, 6.07) is 27.4. The Morgan fingerprint density at radius 1 is 0.806 bits per heavy atom. The Morgan fingerprint density at radius 2 is 1.61 bits per heavy atom. The molecule has 0 aliphatic carbocycles. The molecule has 0 aliphatic rings. The highest BCUT2D eigenvalue weighted by molar-refractivity contribution is 6.26. The number of rotatable bonds is 1. The standard InChI is InChI=1S/C28H19N2O/c1-17-10-12-22-26-21-13-11-18-7-3-4-8-20(18)23(21)15-19(16-29)27(26)31-28(22)25(17)24-9-5-6-14-30(24)2/h3-15H,1-2H3/q+1. The second kappa shape index (κ2) is 6.42. The summed E-state index contributed by atoms with van der Waals surface area (Å²) in [6.07, 6.45) is 2.04. The number of pyridine rings is 1. The highest BCUT2D eigenvalue weighted by Crippen LogP contribution is 2.42. The van der Waals surface area contributed by atoms with Crippen LogP contribution in [0.4, 0.5) is 0 Å². The summed E-state index contributed by atoms with van der Waals surface area (Å²) in [5, 5.41) is 16.5. The van der Waals surface area contributed by atoms with Crippen LogP contribution in [-0.4, -0.2) is 0 Å². The van der Waals surface area contributed by atoms with E-state index in [9.17, 15) is 5.26 Å². The van der Waals surface area contributed by atoms with Crippen molar-refractivity contribution < 1.29 is 8.98 Å². The predicted octanol–water partition coefficient (Wildman–Crippen LogP) is 6.56. The Bertz CT molecular complexity index is 1720. The average Bonchev–Trinajstić information content (AvgIpc) is 3.19. The molecular weight excluding hydrogens is 380 g/mol. The molecule has 0 bridgehead atoms. The van der Waals surface area contributed by atoms with Gasteiger partial charge in [0, 0.05) is 22.9 Å². The van der Waals surface area contributed by atoms with E-state index in [0.717, 1.165) is 49.3 Å². The summed E-state index contributed by atoms with van der Waals surface area (Å²) >= 11 is 0. The van der Waals surface area contributed by atoms with Crippen LogP contribution in [0.1, 0.15) is 11.1 Å². The number of aromatic nitrogens is 1. The fourth-order valence-electron chi connectivity index (χ4n) is 4.78. The van der Waals surface area contributed by atoms with Gasteiger partial charge >= 0.3 is 0 Å². The number of aryl methyl sites for hydroxylation is 2. The Labute approximate surface area is 179 Å². The Morgan fingerprint density at radius 3 is 2.45 bits per heavy atom. The van der Waals surface area contributed by atoms with E-state index in [-0.39, 0.29) is 0 Å². The van der Waals surface area contributed by atoms with Gasteiger partial charge in [-0.1, -0.05) is 48.5 Å². The molecule has 0 fully saturated rings. The first kappa shape index (κ1) is 17.7. The van der Waals surface area contributed by atoms with Crippen molar-refractivity contribution in [1.82, 2.24) is 0 Å². The molecule has 3 heteroatoms. The van der Waals surface area contributed by atoms with Crippen molar-refractivity contribution in [2.75, 3.05) is 0 Å². The summed E-state index contributed by atoms with van der Waals surface area (Å²) in [7, 11) is 2.04. The smallest absolute Gasteiger partial charge is 0.216 e. The third-order valence-electron chi connectivity index (χ3n) is 6.27. The molecule has 6 aromatic rings. The molecule has 0 spiro atoms. The molecule has 0 saturated carbocycles. The van der Waals surface area contributed by atoms with Crippen LogP contribution in [0.5, 0.6) is 0 Å². The van der Waals surface area contributed by atoms with Crippen molar-refractivity contribution in [3.05, 3.63) is 90.1 Å². The first-order valence-corrected chi connectivity index (χ1v) is 10.3. The van der Waals surface area contributed by atoms with Gasteiger partial charge in [0.1, 0.15) is 18.7 Å². The largest absolute Gasteiger partial charge is 0.454 e. The normalized spacial score (nSPS) is 11.5. The van der Waals surface area contributed by atoms with Crippen LogP contribution in [-0.2, 0) is 7.05 Å². The third kappa shape index (κ3) is 2.42.